The first-order valence-corrected chi connectivity index (χ1v) is 6.53. The second-order valence-corrected chi connectivity index (χ2v) is 5.01. The van der Waals surface area contributed by atoms with Crippen molar-refractivity contribution in [3.63, 3.8) is 0 Å². The Kier molecular flexibility index (Phi) is 3.84. The molecule has 18 heavy (non-hydrogen) atoms. The number of rotatable bonds is 4. The van der Waals surface area contributed by atoms with Crippen molar-refractivity contribution in [3.8, 4) is 0 Å². The topological polar surface area (TPSA) is 73.7 Å². The lowest BCUT2D eigenvalue weighted by Gasteiger charge is -2.16. The summed E-state index contributed by atoms with van der Waals surface area (Å²) in [6.45, 7) is 2.08. The van der Waals surface area contributed by atoms with Gasteiger partial charge in [-0.15, -0.1) is 0 Å². The van der Waals surface area contributed by atoms with Gasteiger partial charge in [-0.05, 0) is 22.4 Å². The Hall–Kier alpha value is -1.18. The molecule has 2 aromatic heterocycles. The van der Waals surface area contributed by atoms with Gasteiger partial charge in [0.2, 0.25) is 0 Å². The maximum atomic E-state index is 5.72. The molecule has 0 spiro atoms. The summed E-state index contributed by atoms with van der Waals surface area (Å²) in [7, 11) is 3.81. The third-order valence-corrected chi connectivity index (χ3v) is 3.57. The highest BCUT2D eigenvalue weighted by Crippen LogP contribution is 2.29. The van der Waals surface area contributed by atoms with Crippen LogP contribution in [0.4, 0.5) is 0 Å². The quantitative estimate of drug-likeness (QED) is 0.653. The van der Waals surface area contributed by atoms with Gasteiger partial charge in [-0.2, -0.15) is 10.2 Å². The van der Waals surface area contributed by atoms with Crippen LogP contribution in [0, 0.1) is 0 Å². The highest BCUT2D eigenvalue weighted by molar-refractivity contribution is 9.10. The number of hydrogen-bond donors (Lipinski definition) is 2. The van der Waals surface area contributed by atoms with Crippen LogP contribution in [0.15, 0.2) is 16.9 Å². The SMILES string of the molecule is CCc1nn(C)cc1C(NN)c1c(Br)cnn1C. The third kappa shape index (κ3) is 2.21. The van der Waals surface area contributed by atoms with Gasteiger partial charge in [0, 0.05) is 25.9 Å². The summed E-state index contributed by atoms with van der Waals surface area (Å²) in [4.78, 5) is 0. The number of hydrogen-bond acceptors (Lipinski definition) is 4. The minimum Gasteiger partial charge on any atom is -0.275 e. The van der Waals surface area contributed by atoms with Gasteiger partial charge < -0.3 is 0 Å². The van der Waals surface area contributed by atoms with Gasteiger partial charge in [-0.1, -0.05) is 6.92 Å². The molecule has 0 aliphatic carbocycles. The van der Waals surface area contributed by atoms with Gasteiger partial charge in [-0.25, -0.2) is 5.43 Å². The normalized spacial score (nSPS) is 12.9. The molecule has 2 aromatic rings. The van der Waals surface area contributed by atoms with Crippen LogP contribution >= 0.6 is 15.9 Å². The van der Waals surface area contributed by atoms with Gasteiger partial charge in [0.1, 0.15) is 0 Å². The lowest BCUT2D eigenvalue weighted by Crippen LogP contribution is -2.31. The summed E-state index contributed by atoms with van der Waals surface area (Å²) in [6, 6.07) is -0.129. The van der Waals surface area contributed by atoms with Crippen LogP contribution in [0.25, 0.3) is 0 Å². The Morgan fingerprint density at radius 2 is 2.22 bits per heavy atom. The monoisotopic (exact) mass is 312 g/mol. The predicted octanol–water partition coefficient (Wildman–Crippen LogP) is 1.03. The molecule has 0 aliphatic heterocycles. The molecule has 0 saturated carbocycles. The molecule has 0 amide bonds. The molecule has 7 heteroatoms. The van der Waals surface area contributed by atoms with Crippen LogP contribution in [0.2, 0.25) is 0 Å². The fourth-order valence-corrected chi connectivity index (χ4v) is 2.71. The summed E-state index contributed by atoms with van der Waals surface area (Å²) >= 11 is 3.50. The maximum Gasteiger partial charge on any atom is 0.0922 e. The molecular formula is C11H17BrN6. The Balaban J connectivity index is 2.51. The van der Waals surface area contributed by atoms with Crippen molar-refractivity contribution >= 4 is 15.9 Å². The lowest BCUT2D eigenvalue weighted by molar-refractivity contribution is 0.569. The second-order valence-electron chi connectivity index (χ2n) is 4.16. The first kappa shape index (κ1) is 13.3. The molecule has 0 bridgehead atoms. The second kappa shape index (κ2) is 5.21. The van der Waals surface area contributed by atoms with E-state index in [-0.39, 0.29) is 6.04 Å². The molecule has 0 aromatic carbocycles. The van der Waals surface area contributed by atoms with E-state index in [9.17, 15) is 0 Å². The Morgan fingerprint density at radius 3 is 2.72 bits per heavy atom. The third-order valence-electron chi connectivity index (χ3n) is 2.96. The Labute approximate surface area is 114 Å². The summed E-state index contributed by atoms with van der Waals surface area (Å²) in [5.74, 6) is 5.72. The number of nitrogens with two attached hydrogens (primary N) is 1. The van der Waals surface area contributed by atoms with Crippen molar-refractivity contribution in [3.05, 3.63) is 33.8 Å². The highest BCUT2D eigenvalue weighted by atomic mass is 79.9. The Bertz CT molecular complexity index is 524. The van der Waals surface area contributed by atoms with Crippen LogP contribution < -0.4 is 11.3 Å². The van der Waals surface area contributed by atoms with Crippen LogP contribution in [0.1, 0.15) is 29.9 Å². The standard InChI is InChI=1S/C11H17BrN6/c1-4-9-7(6-17(2)16-9)10(15-13)11-8(12)5-14-18(11)3/h5-6,10,15H,4,13H2,1-3H3. The van der Waals surface area contributed by atoms with Gasteiger partial charge in [0.15, 0.2) is 0 Å². The molecule has 3 N–H and O–H groups in total. The zero-order chi connectivity index (χ0) is 13.3. The number of nitrogens with one attached hydrogen (secondary N) is 1. The number of halogens is 1. The maximum absolute atomic E-state index is 5.72. The molecule has 0 radical (unpaired) electrons. The summed E-state index contributed by atoms with van der Waals surface area (Å²) < 4.78 is 4.54. The summed E-state index contributed by atoms with van der Waals surface area (Å²) in [5, 5.41) is 8.66. The minimum absolute atomic E-state index is 0.129. The van der Waals surface area contributed by atoms with Crippen LogP contribution in [-0.2, 0) is 20.5 Å². The molecule has 6 nitrogen and oxygen atoms in total. The molecule has 1 unspecified atom stereocenters. The number of aromatic nitrogens is 4. The van der Waals surface area contributed by atoms with Gasteiger partial charge >= 0.3 is 0 Å². The first-order valence-electron chi connectivity index (χ1n) is 5.74. The van der Waals surface area contributed by atoms with E-state index in [0.29, 0.717) is 0 Å². The zero-order valence-electron chi connectivity index (χ0n) is 10.7. The molecule has 2 heterocycles. The molecule has 0 saturated heterocycles. The van der Waals surface area contributed by atoms with E-state index in [0.717, 1.165) is 27.8 Å². The molecule has 1 atom stereocenters. The average Bonchev–Trinajstić information content (AvgIpc) is 2.87. The Morgan fingerprint density at radius 1 is 1.50 bits per heavy atom. The van der Waals surface area contributed by atoms with E-state index in [1.165, 1.54) is 0 Å². The van der Waals surface area contributed by atoms with E-state index < -0.39 is 0 Å². The van der Waals surface area contributed by atoms with E-state index in [4.69, 9.17) is 5.84 Å². The van der Waals surface area contributed by atoms with Gasteiger partial charge in [-0.3, -0.25) is 15.2 Å². The lowest BCUT2D eigenvalue weighted by atomic mass is 10.0. The fraction of sp³-hybridized carbons (Fsp3) is 0.455. The van der Waals surface area contributed by atoms with Gasteiger partial charge in [0.25, 0.3) is 0 Å². The average molecular weight is 313 g/mol. The van der Waals surface area contributed by atoms with Crippen molar-refractivity contribution in [2.45, 2.75) is 19.4 Å². The highest BCUT2D eigenvalue weighted by Gasteiger charge is 2.23. The van der Waals surface area contributed by atoms with Crippen LogP contribution in [0.5, 0.6) is 0 Å². The molecular weight excluding hydrogens is 296 g/mol. The first-order chi connectivity index (χ1) is 8.58. The molecule has 2 rings (SSSR count). The minimum atomic E-state index is -0.129. The molecule has 98 valence electrons. The zero-order valence-corrected chi connectivity index (χ0v) is 12.3. The molecule has 0 fully saturated rings. The number of aryl methyl sites for hydroxylation is 3. The summed E-state index contributed by atoms with van der Waals surface area (Å²) in [6.07, 6.45) is 4.62. The van der Waals surface area contributed by atoms with Crippen molar-refractivity contribution in [2.75, 3.05) is 0 Å². The molecule has 0 aliphatic rings. The van der Waals surface area contributed by atoms with Crippen LogP contribution in [0.3, 0.4) is 0 Å². The van der Waals surface area contributed by atoms with Crippen LogP contribution in [-0.4, -0.2) is 19.6 Å². The van der Waals surface area contributed by atoms with E-state index in [1.54, 1.807) is 10.9 Å². The number of nitrogens with zero attached hydrogens (tertiary/aromatic N) is 4. The van der Waals surface area contributed by atoms with Crippen molar-refractivity contribution < 1.29 is 0 Å². The van der Waals surface area contributed by atoms with E-state index >= 15 is 0 Å². The van der Waals surface area contributed by atoms with Crippen molar-refractivity contribution in [1.29, 1.82) is 0 Å². The van der Waals surface area contributed by atoms with Crippen molar-refractivity contribution in [1.82, 2.24) is 25.0 Å². The van der Waals surface area contributed by atoms with E-state index in [1.807, 2.05) is 25.0 Å². The number of hydrazine groups is 1. The van der Waals surface area contributed by atoms with E-state index in [2.05, 4.69) is 38.5 Å². The summed E-state index contributed by atoms with van der Waals surface area (Å²) in [5.41, 5.74) is 5.94. The smallest absolute Gasteiger partial charge is 0.0922 e. The van der Waals surface area contributed by atoms with Gasteiger partial charge in [0.05, 0.1) is 28.1 Å². The largest absolute Gasteiger partial charge is 0.275 e. The fourth-order valence-electron chi connectivity index (χ4n) is 2.13. The van der Waals surface area contributed by atoms with Crippen molar-refractivity contribution in [2.24, 2.45) is 19.9 Å². The predicted molar refractivity (Wildman–Crippen MR) is 72.7 cm³/mol.